The molecule has 2 heteroatoms. The second-order valence-corrected chi connectivity index (χ2v) is 4.99. The first kappa shape index (κ1) is 13.8. The maximum absolute atomic E-state index is 5.43. The van der Waals surface area contributed by atoms with Crippen molar-refractivity contribution in [2.24, 2.45) is 0 Å². The zero-order valence-electron chi connectivity index (χ0n) is 11.3. The number of ether oxygens (including phenoxy) is 1. The number of hydrogen-bond acceptors (Lipinski definition) is 2. The van der Waals surface area contributed by atoms with E-state index in [1.807, 2.05) is 19.1 Å². The van der Waals surface area contributed by atoms with Crippen LogP contribution in [0.2, 0.25) is 0 Å². The second-order valence-electron chi connectivity index (χ2n) is 4.11. The van der Waals surface area contributed by atoms with E-state index in [1.165, 1.54) is 16.0 Å². The minimum Gasteiger partial charge on any atom is -0.494 e. The van der Waals surface area contributed by atoms with Gasteiger partial charge in [0, 0.05) is 4.90 Å². The Bertz CT molecular complexity index is 543. The van der Waals surface area contributed by atoms with Gasteiger partial charge in [-0.25, -0.2) is 0 Å². The van der Waals surface area contributed by atoms with Crippen molar-refractivity contribution in [1.82, 2.24) is 0 Å². The molecule has 0 fully saturated rings. The van der Waals surface area contributed by atoms with Crippen LogP contribution in [-0.2, 0) is 0 Å². The molecule has 0 aliphatic carbocycles. The van der Waals surface area contributed by atoms with Gasteiger partial charge in [0.15, 0.2) is 0 Å². The van der Waals surface area contributed by atoms with E-state index in [1.54, 1.807) is 11.8 Å². The molecule has 19 heavy (non-hydrogen) atoms. The van der Waals surface area contributed by atoms with Gasteiger partial charge in [0.1, 0.15) is 5.75 Å². The summed E-state index contributed by atoms with van der Waals surface area (Å²) in [7, 11) is 0. The molecule has 0 aliphatic heterocycles. The number of benzene rings is 2. The molecule has 2 rings (SSSR count). The van der Waals surface area contributed by atoms with Gasteiger partial charge in [-0.15, -0.1) is 11.8 Å². The van der Waals surface area contributed by atoms with Crippen LogP contribution in [0.5, 0.6) is 5.75 Å². The Morgan fingerprint density at radius 3 is 2.42 bits per heavy atom. The molecule has 0 spiro atoms. The Morgan fingerprint density at radius 1 is 1.00 bits per heavy atom. The molecule has 0 N–H and O–H groups in total. The fourth-order valence-electron chi connectivity index (χ4n) is 1.78. The molecule has 98 valence electrons. The third-order valence-corrected chi connectivity index (χ3v) is 3.48. The largest absolute Gasteiger partial charge is 0.494 e. The summed E-state index contributed by atoms with van der Waals surface area (Å²) in [6.45, 7) is 2.70. The quantitative estimate of drug-likeness (QED) is 0.560. The van der Waals surface area contributed by atoms with Crippen LogP contribution in [0, 0.1) is 0 Å². The first-order valence-corrected chi connectivity index (χ1v) is 7.59. The predicted octanol–water partition coefficient (Wildman–Crippen LogP) is 4.98. The van der Waals surface area contributed by atoms with E-state index in [-0.39, 0.29) is 0 Å². The second kappa shape index (κ2) is 7.05. The SMILES string of the molecule is CCOc1ccc(C=Cc2cccc(SC)c2)cc1. The van der Waals surface area contributed by atoms with Crippen LogP contribution >= 0.6 is 11.8 Å². The third kappa shape index (κ3) is 4.18. The van der Waals surface area contributed by atoms with Crippen LogP contribution in [0.1, 0.15) is 18.1 Å². The highest BCUT2D eigenvalue weighted by Crippen LogP contribution is 2.18. The molecule has 0 aliphatic rings. The van der Waals surface area contributed by atoms with Crippen LogP contribution in [-0.4, -0.2) is 12.9 Å². The van der Waals surface area contributed by atoms with Crippen LogP contribution in [0.3, 0.4) is 0 Å². The fraction of sp³-hybridized carbons (Fsp3) is 0.176. The lowest BCUT2D eigenvalue weighted by molar-refractivity contribution is 0.340. The molecular weight excluding hydrogens is 252 g/mol. The van der Waals surface area contributed by atoms with Crippen molar-refractivity contribution in [3.63, 3.8) is 0 Å². The maximum atomic E-state index is 5.43. The Kier molecular flexibility index (Phi) is 5.10. The first-order valence-electron chi connectivity index (χ1n) is 6.37. The Hall–Kier alpha value is -1.67. The van der Waals surface area contributed by atoms with Crippen molar-refractivity contribution in [2.75, 3.05) is 12.9 Å². The molecule has 0 atom stereocenters. The molecule has 0 unspecified atom stereocenters. The van der Waals surface area contributed by atoms with E-state index < -0.39 is 0 Å². The monoisotopic (exact) mass is 270 g/mol. The molecule has 0 saturated carbocycles. The molecule has 2 aromatic carbocycles. The molecular formula is C17H18OS. The Balaban J connectivity index is 2.08. The van der Waals surface area contributed by atoms with Crippen molar-refractivity contribution in [2.45, 2.75) is 11.8 Å². The lowest BCUT2D eigenvalue weighted by atomic mass is 10.1. The van der Waals surface area contributed by atoms with E-state index in [0.717, 1.165) is 5.75 Å². The van der Waals surface area contributed by atoms with Gasteiger partial charge in [-0.1, -0.05) is 36.4 Å². The summed E-state index contributed by atoms with van der Waals surface area (Å²) in [5.41, 5.74) is 2.40. The minimum atomic E-state index is 0.705. The van der Waals surface area contributed by atoms with Crippen molar-refractivity contribution < 1.29 is 4.74 Å². The van der Waals surface area contributed by atoms with E-state index in [0.29, 0.717) is 6.61 Å². The summed E-state index contributed by atoms with van der Waals surface area (Å²) in [4.78, 5) is 1.29. The van der Waals surface area contributed by atoms with E-state index in [4.69, 9.17) is 4.74 Å². The Morgan fingerprint density at radius 2 is 1.74 bits per heavy atom. The van der Waals surface area contributed by atoms with Gasteiger partial charge in [0.05, 0.1) is 6.61 Å². The van der Waals surface area contributed by atoms with Gasteiger partial charge < -0.3 is 4.74 Å². The number of thioether (sulfide) groups is 1. The summed E-state index contributed by atoms with van der Waals surface area (Å²) in [6, 6.07) is 16.7. The van der Waals surface area contributed by atoms with Gasteiger partial charge in [-0.3, -0.25) is 0 Å². The molecule has 0 bridgehead atoms. The number of rotatable bonds is 5. The molecule has 2 aromatic rings. The smallest absolute Gasteiger partial charge is 0.119 e. The molecule has 1 nitrogen and oxygen atoms in total. The Labute approximate surface area is 119 Å². The highest BCUT2D eigenvalue weighted by molar-refractivity contribution is 7.98. The summed E-state index contributed by atoms with van der Waals surface area (Å²) in [5, 5.41) is 0. The van der Waals surface area contributed by atoms with Gasteiger partial charge in [-0.2, -0.15) is 0 Å². The average Bonchev–Trinajstić information content (AvgIpc) is 2.47. The summed E-state index contributed by atoms with van der Waals surface area (Å²) in [6.07, 6.45) is 6.35. The van der Waals surface area contributed by atoms with Crippen LogP contribution < -0.4 is 4.74 Å². The highest BCUT2D eigenvalue weighted by Gasteiger charge is 1.93. The first-order chi connectivity index (χ1) is 9.31. The van der Waals surface area contributed by atoms with Crippen LogP contribution in [0.15, 0.2) is 53.4 Å². The van der Waals surface area contributed by atoms with Crippen molar-refractivity contribution in [3.8, 4) is 5.75 Å². The van der Waals surface area contributed by atoms with E-state index >= 15 is 0 Å². The van der Waals surface area contributed by atoms with Gasteiger partial charge in [0.25, 0.3) is 0 Å². The summed E-state index contributed by atoms with van der Waals surface area (Å²) >= 11 is 1.76. The number of hydrogen-bond donors (Lipinski definition) is 0. The third-order valence-electron chi connectivity index (χ3n) is 2.75. The van der Waals surface area contributed by atoms with Crippen molar-refractivity contribution in [1.29, 1.82) is 0 Å². The highest BCUT2D eigenvalue weighted by atomic mass is 32.2. The van der Waals surface area contributed by atoms with Crippen molar-refractivity contribution in [3.05, 3.63) is 59.7 Å². The zero-order valence-corrected chi connectivity index (χ0v) is 12.1. The molecule has 0 saturated heterocycles. The van der Waals surface area contributed by atoms with Gasteiger partial charge >= 0.3 is 0 Å². The van der Waals surface area contributed by atoms with Gasteiger partial charge in [0.2, 0.25) is 0 Å². The van der Waals surface area contributed by atoms with Crippen LogP contribution in [0.4, 0.5) is 0 Å². The molecule has 0 heterocycles. The molecule has 0 radical (unpaired) electrons. The fourth-order valence-corrected chi connectivity index (χ4v) is 2.25. The van der Waals surface area contributed by atoms with Gasteiger partial charge in [-0.05, 0) is 48.6 Å². The topological polar surface area (TPSA) is 9.23 Å². The van der Waals surface area contributed by atoms with Crippen molar-refractivity contribution >= 4 is 23.9 Å². The summed E-state index contributed by atoms with van der Waals surface area (Å²) in [5.74, 6) is 0.920. The van der Waals surface area contributed by atoms with E-state index in [2.05, 4.69) is 54.8 Å². The average molecular weight is 270 g/mol. The molecule has 0 aromatic heterocycles. The maximum Gasteiger partial charge on any atom is 0.119 e. The minimum absolute atomic E-state index is 0.705. The molecule has 0 amide bonds. The van der Waals surface area contributed by atoms with E-state index in [9.17, 15) is 0 Å². The lowest BCUT2D eigenvalue weighted by Crippen LogP contribution is -1.90. The lowest BCUT2D eigenvalue weighted by Gasteiger charge is -2.02. The summed E-state index contributed by atoms with van der Waals surface area (Å²) < 4.78 is 5.43. The predicted molar refractivity (Wildman–Crippen MR) is 84.8 cm³/mol. The normalized spacial score (nSPS) is 10.8. The zero-order chi connectivity index (χ0) is 13.5. The van der Waals surface area contributed by atoms with Crippen LogP contribution in [0.25, 0.3) is 12.2 Å². The standard InChI is InChI=1S/C17H18OS/c1-3-18-16-11-9-14(10-12-16)7-8-15-5-4-6-17(13-15)19-2/h4-13H,3H2,1-2H3.